The Labute approximate surface area is 156 Å². The number of thioether (sulfide) groups is 1. The van der Waals surface area contributed by atoms with Crippen molar-refractivity contribution in [1.82, 2.24) is 10.6 Å². The zero-order valence-electron chi connectivity index (χ0n) is 14.5. The molecule has 0 saturated heterocycles. The van der Waals surface area contributed by atoms with Crippen molar-refractivity contribution in [3.05, 3.63) is 60.4 Å². The Morgan fingerprint density at radius 1 is 1.08 bits per heavy atom. The van der Waals surface area contributed by atoms with Crippen LogP contribution < -0.4 is 16.0 Å². The molecule has 0 spiro atoms. The molecule has 2 aromatic rings. The summed E-state index contributed by atoms with van der Waals surface area (Å²) in [5.41, 5.74) is 0.662. The zero-order valence-corrected chi connectivity index (χ0v) is 15.3. The number of carbonyl (C=O) groups excluding carboxylic acids is 2. The highest BCUT2D eigenvalue weighted by molar-refractivity contribution is 7.99. The molecule has 26 heavy (non-hydrogen) atoms. The average molecular weight is 375 g/mol. The zero-order chi connectivity index (χ0) is 18.8. The normalized spacial score (nSPS) is 11.5. The van der Waals surface area contributed by atoms with Gasteiger partial charge in [-0.3, -0.25) is 4.79 Å². The number of urea groups is 1. The van der Waals surface area contributed by atoms with E-state index in [0.717, 1.165) is 17.1 Å². The second-order valence-electron chi connectivity index (χ2n) is 5.63. The number of halogens is 1. The number of benzene rings is 2. The van der Waals surface area contributed by atoms with Crippen molar-refractivity contribution >= 4 is 29.4 Å². The van der Waals surface area contributed by atoms with Crippen LogP contribution in [0, 0.1) is 5.82 Å². The van der Waals surface area contributed by atoms with Crippen LogP contribution in [0.25, 0.3) is 0 Å². The fourth-order valence-electron chi connectivity index (χ4n) is 2.11. The summed E-state index contributed by atoms with van der Waals surface area (Å²) in [6.45, 7) is 2.15. The fourth-order valence-corrected chi connectivity index (χ4v) is 2.96. The molecule has 0 fully saturated rings. The summed E-state index contributed by atoms with van der Waals surface area (Å²) < 4.78 is 12.8. The molecule has 0 aliphatic heterocycles. The summed E-state index contributed by atoms with van der Waals surface area (Å²) in [6.07, 6.45) is 0.775. The summed E-state index contributed by atoms with van der Waals surface area (Å²) in [5.74, 6) is 0.321. The molecule has 0 aliphatic rings. The molecule has 138 valence electrons. The first-order valence-corrected chi connectivity index (χ1v) is 9.32. The summed E-state index contributed by atoms with van der Waals surface area (Å²) in [4.78, 5) is 24.8. The molecule has 0 aromatic heterocycles. The summed E-state index contributed by atoms with van der Waals surface area (Å²) >= 11 is 1.60. The molecule has 1 unspecified atom stereocenters. The van der Waals surface area contributed by atoms with E-state index < -0.39 is 12.1 Å². The molecule has 0 heterocycles. The van der Waals surface area contributed by atoms with Crippen LogP contribution in [-0.2, 0) is 4.79 Å². The van der Waals surface area contributed by atoms with E-state index in [1.165, 1.54) is 12.1 Å². The van der Waals surface area contributed by atoms with Crippen molar-refractivity contribution in [2.24, 2.45) is 0 Å². The lowest BCUT2D eigenvalue weighted by molar-refractivity contribution is -0.122. The molecular weight excluding hydrogens is 353 g/mol. The smallest absolute Gasteiger partial charge is 0.319 e. The van der Waals surface area contributed by atoms with E-state index in [4.69, 9.17) is 0 Å². The molecular formula is C19H22FN3O2S. The quantitative estimate of drug-likeness (QED) is 0.487. The van der Waals surface area contributed by atoms with E-state index >= 15 is 0 Å². The van der Waals surface area contributed by atoms with Crippen molar-refractivity contribution in [2.75, 3.05) is 17.6 Å². The maximum atomic E-state index is 12.8. The van der Waals surface area contributed by atoms with Gasteiger partial charge in [-0.25, -0.2) is 9.18 Å². The van der Waals surface area contributed by atoms with Gasteiger partial charge >= 0.3 is 6.03 Å². The van der Waals surface area contributed by atoms with Gasteiger partial charge in [-0.1, -0.05) is 18.2 Å². The van der Waals surface area contributed by atoms with Gasteiger partial charge in [0.05, 0.1) is 0 Å². The molecule has 3 N–H and O–H groups in total. The minimum absolute atomic E-state index is 0.236. The third-order valence-corrected chi connectivity index (χ3v) is 4.57. The van der Waals surface area contributed by atoms with Crippen LogP contribution in [0.15, 0.2) is 59.5 Å². The van der Waals surface area contributed by atoms with E-state index in [1.807, 2.05) is 18.2 Å². The molecule has 0 radical (unpaired) electrons. The number of rotatable bonds is 8. The minimum atomic E-state index is -0.636. The number of hydrogen-bond donors (Lipinski definition) is 3. The number of amides is 3. The van der Waals surface area contributed by atoms with Crippen LogP contribution in [0.3, 0.4) is 0 Å². The highest BCUT2D eigenvalue weighted by Crippen LogP contribution is 2.18. The van der Waals surface area contributed by atoms with E-state index in [2.05, 4.69) is 16.0 Å². The van der Waals surface area contributed by atoms with Gasteiger partial charge in [0.1, 0.15) is 11.9 Å². The number of nitrogens with one attached hydrogen (secondary N) is 3. The van der Waals surface area contributed by atoms with Gasteiger partial charge < -0.3 is 16.0 Å². The van der Waals surface area contributed by atoms with E-state index in [0.29, 0.717) is 12.2 Å². The first-order chi connectivity index (χ1) is 12.5. The lowest BCUT2D eigenvalue weighted by Crippen LogP contribution is -2.46. The topological polar surface area (TPSA) is 70.2 Å². The van der Waals surface area contributed by atoms with E-state index in [1.54, 1.807) is 43.0 Å². The lowest BCUT2D eigenvalue weighted by atomic mass is 10.3. The maximum absolute atomic E-state index is 12.8. The first-order valence-electron chi connectivity index (χ1n) is 8.33. The monoisotopic (exact) mass is 375 g/mol. The molecule has 0 bridgehead atoms. The fraction of sp³-hybridized carbons (Fsp3) is 0.263. The van der Waals surface area contributed by atoms with Crippen LogP contribution in [0.2, 0.25) is 0 Å². The third-order valence-electron chi connectivity index (χ3n) is 3.48. The number of carbonyl (C=O) groups is 2. The van der Waals surface area contributed by atoms with Gasteiger partial charge in [-0.15, -0.1) is 11.8 Å². The Morgan fingerprint density at radius 3 is 2.46 bits per heavy atom. The van der Waals surface area contributed by atoms with E-state index in [-0.39, 0.29) is 11.7 Å². The summed E-state index contributed by atoms with van der Waals surface area (Å²) in [5, 5.41) is 8.06. The molecule has 5 nitrogen and oxygen atoms in total. The summed E-state index contributed by atoms with van der Waals surface area (Å²) in [6, 6.07) is 14.3. The molecule has 1 atom stereocenters. The van der Waals surface area contributed by atoms with Crippen LogP contribution in [0.1, 0.15) is 13.3 Å². The highest BCUT2D eigenvalue weighted by atomic mass is 32.2. The Balaban J connectivity index is 1.60. The van der Waals surface area contributed by atoms with Gasteiger partial charge in [0.25, 0.3) is 0 Å². The van der Waals surface area contributed by atoms with Gasteiger partial charge in [0.15, 0.2) is 0 Å². The third kappa shape index (κ3) is 7.14. The van der Waals surface area contributed by atoms with Crippen molar-refractivity contribution in [3.8, 4) is 0 Å². The average Bonchev–Trinajstić information content (AvgIpc) is 2.63. The first kappa shape index (κ1) is 19.8. The SMILES string of the molecule is CC(NC(=O)Nc1ccccc1)C(=O)NCCCSc1ccc(F)cc1. The van der Waals surface area contributed by atoms with E-state index in [9.17, 15) is 14.0 Å². The van der Waals surface area contributed by atoms with Gasteiger partial charge in [0.2, 0.25) is 5.91 Å². The number of anilines is 1. The number of para-hydroxylation sites is 1. The number of hydrogen-bond acceptors (Lipinski definition) is 3. The largest absolute Gasteiger partial charge is 0.354 e. The molecule has 2 aromatic carbocycles. The van der Waals surface area contributed by atoms with Crippen LogP contribution in [0.4, 0.5) is 14.9 Å². The van der Waals surface area contributed by atoms with Crippen LogP contribution >= 0.6 is 11.8 Å². The standard InChI is InChI=1S/C19H22FN3O2S/c1-14(22-19(25)23-16-6-3-2-4-7-16)18(24)21-12-5-13-26-17-10-8-15(20)9-11-17/h2-4,6-11,14H,5,12-13H2,1H3,(H,21,24)(H2,22,23,25). The maximum Gasteiger partial charge on any atom is 0.319 e. The second-order valence-corrected chi connectivity index (χ2v) is 6.80. The van der Waals surface area contributed by atoms with Crippen LogP contribution in [0.5, 0.6) is 0 Å². The van der Waals surface area contributed by atoms with Crippen molar-refractivity contribution in [3.63, 3.8) is 0 Å². The van der Waals surface area contributed by atoms with Crippen molar-refractivity contribution < 1.29 is 14.0 Å². The van der Waals surface area contributed by atoms with Gasteiger partial charge in [-0.05, 0) is 55.5 Å². The van der Waals surface area contributed by atoms with Crippen LogP contribution in [-0.4, -0.2) is 30.3 Å². The molecule has 2 rings (SSSR count). The van der Waals surface area contributed by atoms with Crippen molar-refractivity contribution in [1.29, 1.82) is 0 Å². The van der Waals surface area contributed by atoms with Gasteiger partial charge in [-0.2, -0.15) is 0 Å². The highest BCUT2D eigenvalue weighted by Gasteiger charge is 2.14. The Morgan fingerprint density at radius 2 is 1.77 bits per heavy atom. The Hall–Kier alpha value is -2.54. The molecule has 7 heteroatoms. The molecule has 0 aliphatic carbocycles. The van der Waals surface area contributed by atoms with Gasteiger partial charge in [0, 0.05) is 17.1 Å². The minimum Gasteiger partial charge on any atom is -0.354 e. The van der Waals surface area contributed by atoms with Crippen molar-refractivity contribution in [2.45, 2.75) is 24.3 Å². The Kier molecular flexibility index (Phi) is 7.95. The predicted molar refractivity (Wildman–Crippen MR) is 103 cm³/mol. The molecule has 3 amide bonds. The lowest BCUT2D eigenvalue weighted by Gasteiger charge is -2.14. The molecule has 0 saturated carbocycles. The Bertz CT molecular complexity index is 710. The summed E-state index contributed by atoms with van der Waals surface area (Å²) in [7, 11) is 0. The second kappa shape index (κ2) is 10.5. The predicted octanol–water partition coefficient (Wildman–Crippen LogP) is 3.63.